The Morgan fingerprint density at radius 1 is 0.950 bits per heavy atom. The molecule has 0 spiro atoms. The van der Waals surface area contributed by atoms with Gasteiger partial charge < -0.3 is 20.7 Å². The number of hydrogen-bond donors (Lipinski definition) is 5. The van der Waals surface area contributed by atoms with E-state index in [1.54, 1.807) is 31.2 Å². The van der Waals surface area contributed by atoms with Gasteiger partial charge in [-0.1, -0.05) is 84.9 Å². The Labute approximate surface area is 234 Å². The highest BCUT2D eigenvalue weighted by atomic mass is 16.5. The van der Waals surface area contributed by atoms with Crippen molar-refractivity contribution in [3.05, 3.63) is 107 Å². The van der Waals surface area contributed by atoms with E-state index in [1.165, 1.54) is 5.56 Å². The first-order chi connectivity index (χ1) is 19.4. The number of amides is 3. The highest BCUT2D eigenvalue weighted by molar-refractivity contribution is 6.04. The predicted molar refractivity (Wildman–Crippen MR) is 153 cm³/mol. The topological polar surface area (TPSA) is 132 Å². The van der Waals surface area contributed by atoms with Gasteiger partial charge in [0, 0.05) is 12.1 Å². The average Bonchev–Trinajstić information content (AvgIpc) is 3.00. The summed E-state index contributed by atoms with van der Waals surface area (Å²) in [5, 5.41) is 19.5. The third-order valence-electron chi connectivity index (χ3n) is 6.89. The smallest absolute Gasteiger partial charge is 0.413 e. The molecule has 3 amide bonds. The number of benzene rings is 3. The number of carbonyl (C=O) groups excluding carboxylic acids is 3. The molecule has 1 aliphatic rings. The lowest BCUT2D eigenvalue weighted by molar-refractivity contribution is -0.130. The highest BCUT2D eigenvalue weighted by Crippen LogP contribution is 2.27. The number of nitrogens with one attached hydrogen (secondary N) is 5. The molecular weight excluding hydrogens is 506 g/mol. The van der Waals surface area contributed by atoms with Crippen molar-refractivity contribution in [2.75, 3.05) is 6.54 Å². The minimum absolute atomic E-state index is 0.0872. The van der Waals surface area contributed by atoms with E-state index in [9.17, 15) is 14.4 Å². The fourth-order valence-electron chi connectivity index (χ4n) is 4.59. The van der Waals surface area contributed by atoms with Crippen LogP contribution in [0.4, 0.5) is 4.79 Å². The van der Waals surface area contributed by atoms with Crippen LogP contribution in [0.5, 0.6) is 0 Å². The molecule has 0 radical (unpaired) electrons. The molecule has 3 aromatic carbocycles. The molecule has 0 saturated carbocycles. The van der Waals surface area contributed by atoms with E-state index in [1.807, 2.05) is 48.5 Å². The van der Waals surface area contributed by atoms with Crippen molar-refractivity contribution in [3.8, 4) is 0 Å². The van der Waals surface area contributed by atoms with Crippen molar-refractivity contribution in [2.24, 2.45) is 0 Å². The van der Waals surface area contributed by atoms with Gasteiger partial charge in [-0.25, -0.2) is 4.79 Å². The van der Waals surface area contributed by atoms with Gasteiger partial charge in [0.25, 0.3) is 0 Å². The number of ether oxygens (including phenoxy) is 1. The molecule has 1 unspecified atom stereocenters. The zero-order valence-electron chi connectivity index (χ0n) is 22.5. The molecule has 208 valence electrons. The quantitative estimate of drug-likeness (QED) is 0.209. The molecule has 3 aromatic rings. The van der Waals surface area contributed by atoms with Crippen molar-refractivity contribution in [1.82, 2.24) is 21.3 Å². The van der Waals surface area contributed by atoms with Crippen LogP contribution in [0, 0.1) is 5.41 Å². The molecule has 40 heavy (non-hydrogen) atoms. The summed E-state index contributed by atoms with van der Waals surface area (Å²) >= 11 is 0. The number of carbonyl (C=O) groups is 3. The normalized spacial score (nSPS) is 17.2. The first-order valence-corrected chi connectivity index (χ1v) is 13.4. The van der Waals surface area contributed by atoms with Crippen LogP contribution in [0.3, 0.4) is 0 Å². The third-order valence-corrected chi connectivity index (χ3v) is 6.89. The van der Waals surface area contributed by atoms with Crippen molar-refractivity contribution in [1.29, 1.82) is 5.41 Å². The van der Waals surface area contributed by atoms with Gasteiger partial charge in [-0.15, -0.1) is 0 Å². The Hall–Kier alpha value is -4.50. The van der Waals surface area contributed by atoms with Crippen LogP contribution in [0.25, 0.3) is 0 Å². The summed E-state index contributed by atoms with van der Waals surface area (Å²) in [4.78, 5) is 37.5. The lowest BCUT2D eigenvalue weighted by atomic mass is 9.86. The monoisotopic (exact) mass is 541 g/mol. The Morgan fingerprint density at radius 2 is 1.62 bits per heavy atom. The van der Waals surface area contributed by atoms with Crippen molar-refractivity contribution in [3.63, 3.8) is 0 Å². The molecule has 5 N–H and O–H groups in total. The fourth-order valence-corrected chi connectivity index (χ4v) is 4.59. The van der Waals surface area contributed by atoms with Gasteiger partial charge in [-0.2, -0.15) is 0 Å². The largest absolute Gasteiger partial charge is 0.444 e. The summed E-state index contributed by atoms with van der Waals surface area (Å²) in [6, 6.07) is 25.3. The first-order valence-electron chi connectivity index (χ1n) is 13.4. The minimum atomic E-state index is -0.708. The van der Waals surface area contributed by atoms with Crippen molar-refractivity contribution < 1.29 is 19.1 Å². The van der Waals surface area contributed by atoms with E-state index >= 15 is 0 Å². The van der Waals surface area contributed by atoms with Crippen LogP contribution in [0.1, 0.15) is 47.9 Å². The summed E-state index contributed by atoms with van der Waals surface area (Å²) < 4.78 is 5.15. The summed E-state index contributed by atoms with van der Waals surface area (Å²) in [6.07, 6.45) is 0.946. The Bertz CT molecular complexity index is 1300. The predicted octanol–water partition coefficient (Wildman–Crippen LogP) is 3.60. The minimum Gasteiger partial charge on any atom is -0.444 e. The van der Waals surface area contributed by atoms with Gasteiger partial charge in [0.05, 0.1) is 6.04 Å². The van der Waals surface area contributed by atoms with Crippen LogP contribution >= 0.6 is 0 Å². The highest BCUT2D eigenvalue weighted by Gasteiger charge is 2.29. The van der Waals surface area contributed by atoms with Gasteiger partial charge in [-0.05, 0) is 48.9 Å². The van der Waals surface area contributed by atoms with Gasteiger partial charge in [0.1, 0.15) is 18.5 Å². The summed E-state index contributed by atoms with van der Waals surface area (Å²) in [5.41, 5.74) is 3.40. The van der Waals surface area contributed by atoms with Gasteiger partial charge in [-0.3, -0.25) is 20.3 Å². The van der Waals surface area contributed by atoms with Crippen molar-refractivity contribution in [2.45, 2.75) is 50.9 Å². The van der Waals surface area contributed by atoms with Crippen molar-refractivity contribution >= 4 is 23.7 Å². The third kappa shape index (κ3) is 8.25. The Kier molecular flexibility index (Phi) is 10.0. The van der Waals surface area contributed by atoms with E-state index in [0.29, 0.717) is 17.9 Å². The molecule has 3 atom stereocenters. The maximum atomic E-state index is 12.8. The molecule has 1 fully saturated rings. The summed E-state index contributed by atoms with van der Waals surface area (Å²) in [6.45, 7) is 2.79. The van der Waals surface area contributed by atoms with E-state index in [0.717, 1.165) is 24.1 Å². The van der Waals surface area contributed by atoms with Gasteiger partial charge in [0.2, 0.25) is 11.8 Å². The van der Waals surface area contributed by atoms with Crippen LogP contribution in [0.15, 0.2) is 84.9 Å². The molecule has 1 heterocycles. The van der Waals surface area contributed by atoms with Crippen LogP contribution in [-0.4, -0.2) is 42.4 Å². The Balaban J connectivity index is 1.19. The lowest BCUT2D eigenvalue weighted by Crippen LogP contribution is -2.53. The van der Waals surface area contributed by atoms with E-state index in [4.69, 9.17) is 10.1 Å². The molecule has 0 aromatic heterocycles. The molecule has 0 aliphatic carbocycles. The molecule has 9 heteroatoms. The molecule has 4 rings (SSSR count). The van der Waals surface area contributed by atoms with Gasteiger partial charge >= 0.3 is 6.09 Å². The first kappa shape index (κ1) is 28.5. The van der Waals surface area contributed by atoms with Crippen LogP contribution < -0.4 is 21.3 Å². The van der Waals surface area contributed by atoms with E-state index in [2.05, 4.69) is 33.4 Å². The standard InChI is InChI=1S/C31H35N5O4/c1-21(35-30(38)27-18-26(16-17-33-27)24-10-6-3-7-11-24)29(37)34-19-22-12-14-25(15-13-22)28(32)36-31(39)40-20-23-8-4-2-5-9-23/h2-15,21,26-27,33H,16-20H2,1H3,(H,34,37)(H,35,38)(H2,32,36,39)/t21-,26-,27?/m0/s1. The van der Waals surface area contributed by atoms with Crippen LogP contribution in [-0.2, 0) is 27.5 Å². The maximum absolute atomic E-state index is 12.8. The van der Waals surface area contributed by atoms with Crippen LogP contribution in [0.2, 0.25) is 0 Å². The van der Waals surface area contributed by atoms with Gasteiger partial charge in [0.15, 0.2) is 0 Å². The zero-order valence-corrected chi connectivity index (χ0v) is 22.5. The Morgan fingerprint density at radius 3 is 2.33 bits per heavy atom. The second kappa shape index (κ2) is 14.0. The molecule has 9 nitrogen and oxygen atoms in total. The second-order valence-corrected chi connectivity index (χ2v) is 9.85. The fraction of sp³-hybridized carbons (Fsp3) is 0.290. The number of piperidine rings is 1. The molecular formula is C31H35N5O4. The van der Waals surface area contributed by atoms with E-state index < -0.39 is 12.1 Å². The molecule has 1 aliphatic heterocycles. The summed E-state index contributed by atoms with van der Waals surface area (Å²) in [5.74, 6) is -0.248. The average molecular weight is 542 g/mol. The number of amidine groups is 1. The number of alkyl carbamates (subject to hydrolysis) is 1. The SMILES string of the molecule is C[C@H](NC(=O)C1C[C@@H](c2ccccc2)CCN1)C(=O)NCc1ccc(C(=N)NC(=O)OCc2ccccc2)cc1. The maximum Gasteiger partial charge on any atom is 0.413 e. The number of rotatable bonds is 9. The summed E-state index contributed by atoms with van der Waals surface area (Å²) in [7, 11) is 0. The van der Waals surface area contributed by atoms with E-state index in [-0.39, 0.29) is 36.8 Å². The molecule has 0 bridgehead atoms. The molecule has 1 saturated heterocycles. The zero-order chi connectivity index (χ0) is 28.3. The second-order valence-electron chi connectivity index (χ2n) is 9.85. The lowest BCUT2D eigenvalue weighted by Gasteiger charge is -2.30. The number of hydrogen-bond acceptors (Lipinski definition) is 6.